The molecule has 0 bridgehead atoms. The summed E-state index contributed by atoms with van der Waals surface area (Å²) in [5, 5.41) is 9.85. The van der Waals surface area contributed by atoms with Crippen molar-refractivity contribution in [1.82, 2.24) is 4.90 Å². The van der Waals surface area contributed by atoms with Gasteiger partial charge in [0.1, 0.15) is 0 Å². The fourth-order valence-electron chi connectivity index (χ4n) is 2.13. The molecule has 1 aromatic rings. The fourth-order valence-corrected chi connectivity index (χ4v) is 2.13. The quantitative estimate of drug-likeness (QED) is 0.605. The van der Waals surface area contributed by atoms with Crippen molar-refractivity contribution in [3.63, 3.8) is 0 Å². The number of hydrogen-bond acceptors (Lipinski definition) is 4. The molecule has 20 heavy (non-hydrogen) atoms. The third-order valence-corrected chi connectivity index (χ3v) is 3.22. The highest BCUT2D eigenvalue weighted by Crippen LogP contribution is 2.22. The van der Waals surface area contributed by atoms with Crippen LogP contribution in [0.3, 0.4) is 0 Å². The smallest absolute Gasteiger partial charge is 0.261 e. The Morgan fingerprint density at radius 1 is 1.20 bits per heavy atom. The molecule has 1 aromatic carbocycles. The number of aliphatic hydroxyl groups is 1. The molecule has 1 atom stereocenters. The zero-order chi connectivity index (χ0) is 14.5. The van der Waals surface area contributed by atoms with E-state index in [1.165, 1.54) is 0 Å². The van der Waals surface area contributed by atoms with Crippen LogP contribution in [0.2, 0.25) is 0 Å². The molecule has 0 saturated carbocycles. The van der Waals surface area contributed by atoms with E-state index in [0.29, 0.717) is 17.7 Å². The van der Waals surface area contributed by atoms with Crippen molar-refractivity contribution >= 4 is 11.8 Å². The van der Waals surface area contributed by atoms with Crippen LogP contribution in [0.15, 0.2) is 24.3 Å². The molecule has 0 radical (unpaired) electrons. The lowest BCUT2D eigenvalue weighted by Crippen LogP contribution is -2.38. The van der Waals surface area contributed by atoms with E-state index < -0.39 is 6.10 Å². The van der Waals surface area contributed by atoms with Crippen molar-refractivity contribution in [1.29, 1.82) is 0 Å². The van der Waals surface area contributed by atoms with E-state index in [2.05, 4.69) is 6.92 Å². The zero-order valence-electron chi connectivity index (χ0n) is 11.5. The summed E-state index contributed by atoms with van der Waals surface area (Å²) in [6.45, 7) is 2.74. The van der Waals surface area contributed by atoms with Crippen molar-refractivity contribution in [3.8, 4) is 0 Å². The minimum atomic E-state index is -0.853. The van der Waals surface area contributed by atoms with E-state index >= 15 is 0 Å². The second-order valence-corrected chi connectivity index (χ2v) is 4.85. The van der Waals surface area contributed by atoms with Crippen LogP contribution in [0.5, 0.6) is 0 Å². The Morgan fingerprint density at radius 3 is 2.35 bits per heavy atom. The van der Waals surface area contributed by atoms with Gasteiger partial charge in [-0.1, -0.05) is 25.5 Å². The standard InChI is InChI=1S/C15H19NO4/c1-2-3-8-20-10-11(17)9-16-14(18)12-6-4-5-7-13(12)15(16)19/h4-7,11,17H,2-3,8-10H2,1H3/t11-/m0/s1. The van der Waals surface area contributed by atoms with Crippen molar-refractivity contribution in [2.45, 2.75) is 25.9 Å². The number of benzene rings is 1. The van der Waals surface area contributed by atoms with Gasteiger partial charge in [0.2, 0.25) is 0 Å². The molecule has 1 heterocycles. The van der Waals surface area contributed by atoms with Crippen molar-refractivity contribution < 1.29 is 19.4 Å². The number of ether oxygens (including phenoxy) is 1. The summed E-state index contributed by atoms with van der Waals surface area (Å²) in [4.78, 5) is 25.2. The van der Waals surface area contributed by atoms with Gasteiger partial charge in [0.25, 0.3) is 11.8 Å². The van der Waals surface area contributed by atoms with E-state index in [1.807, 2.05) is 0 Å². The highest BCUT2D eigenvalue weighted by Gasteiger charge is 2.35. The minimum Gasteiger partial charge on any atom is -0.389 e. The lowest BCUT2D eigenvalue weighted by molar-refractivity contribution is 0.0169. The Kier molecular flexibility index (Phi) is 4.87. The van der Waals surface area contributed by atoms with Crippen molar-refractivity contribution in [2.24, 2.45) is 0 Å². The first-order chi connectivity index (χ1) is 9.65. The predicted octanol–water partition coefficient (Wildman–Crippen LogP) is 1.46. The topological polar surface area (TPSA) is 66.8 Å². The van der Waals surface area contributed by atoms with Crippen LogP contribution in [0.4, 0.5) is 0 Å². The SMILES string of the molecule is CCCCOC[C@@H](O)CN1C(=O)c2ccccc2C1=O. The van der Waals surface area contributed by atoms with Gasteiger partial charge in [-0.25, -0.2) is 0 Å². The van der Waals surface area contributed by atoms with E-state index in [4.69, 9.17) is 4.74 Å². The van der Waals surface area contributed by atoms with Crippen LogP contribution in [-0.2, 0) is 4.74 Å². The summed E-state index contributed by atoms with van der Waals surface area (Å²) >= 11 is 0. The number of nitrogens with zero attached hydrogens (tertiary/aromatic N) is 1. The Labute approximate surface area is 118 Å². The summed E-state index contributed by atoms with van der Waals surface area (Å²) in [6, 6.07) is 6.69. The van der Waals surface area contributed by atoms with Crippen LogP contribution in [0, 0.1) is 0 Å². The number of β-amino-alcohol motifs (C(OH)–C–C–N with tert-alkyl or cyclic N) is 1. The molecule has 1 aliphatic rings. The van der Waals surface area contributed by atoms with Gasteiger partial charge in [-0.3, -0.25) is 14.5 Å². The molecule has 5 heteroatoms. The molecule has 0 unspecified atom stereocenters. The lowest BCUT2D eigenvalue weighted by atomic mass is 10.1. The van der Waals surface area contributed by atoms with Crippen LogP contribution in [-0.4, -0.2) is 47.7 Å². The maximum atomic E-state index is 12.1. The van der Waals surface area contributed by atoms with Crippen molar-refractivity contribution in [2.75, 3.05) is 19.8 Å². The summed E-state index contributed by atoms with van der Waals surface area (Å²) in [6.07, 6.45) is 1.10. The van der Waals surface area contributed by atoms with Gasteiger partial charge in [-0.15, -0.1) is 0 Å². The molecule has 0 aliphatic carbocycles. The summed E-state index contributed by atoms with van der Waals surface area (Å²) < 4.78 is 5.29. The number of hydrogen-bond donors (Lipinski definition) is 1. The first kappa shape index (κ1) is 14.7. The highest BCUT2D eigenvalue weighted by molar-refractivity contribution is 6.21. The Morgan fingerprint density at radius 2 is 1.80 bits per heavy atom. The molecule has 0 aromatic heterocycles. The van der Waals surface area contributed by atoms with Gasteiger partial charge in [-0.05, 0) is 18.6 Å². The number of imide groups is 1. The first-order valence-corrected chi connectivity index (χ1v) is 6.86. The fraction of sp³-hybridized carbons (Fsp3) is 0.467. The number of unbranched alkanes of at least 4 members (excludes halogenated alkanes) is 1. The molecular formula is C15H19NO4. The second-order valence-electron chi connectivity index (χ2n) is 4.85. The molecule has 1 aliphatic heterocycles. The number of carbonyl (C=O) groups is 2. The first-order valence-electron chi connectivity index (χ1n) is 6.86. The molecule has 108 valence electrons. The Balaban J connectivity index is 1.91. The maximum absolute atomic E-state index is 12.1. The molecule has 0 saturated heterocycles. The second kappa shape index (κ2) is 6.63. The van der Waals surface area contributed by atoms with E-state index in [9.17, 15) is 14.7 Å². The molecule has 1 N–H and O–H groups in total. The highest BCUT2D eigenvalue weighted by atomic mass is 16.5. The van der Waals surface area contributed by atoms with Crippen LogP contribution in [0.25, 0.3) is 0 Å². The molecule has 0 spiro atoms. The third-order valence-electron chi connectivity index (χ3n) is 3.22. The Bertz CT molecular complexity index is 465. The number of fused-ring (bicyclic) bond motifs is 1. The predicted molar refractivity (Wildman–Crippen MR) is 73.5 cm³/mol. The van der Waals surface area contributed by atoms with Crippen LogP contribution < -0.4 is 0 Å². The van der Waals surface area contributed by atoms with E-state index in [0.717, 1.165) is 17.7 Å². The average molecular weight is 277 g/mol. The summed E-state index contributed by atoms with van der Waals surface area (Å²) in [5.74, 6) is -0.698. The van der Waals surface area contributed by atoms with Gasteiger partial charge in [0, 0.05) is 6.61 Å². The summed E-state index contributed by atoms with van der Waals surface area (Å²) in [5.41, 5.74) is 0.799. The number of rotatable bonds is 7. The van der Waals surface area contributed by atoms with Gasteiger partial charge in [0.15, 0.2) is 0 Å². The molecule has 0 fully saturated rings. The molecule has 2 rings (SSSR count). The lowest BCUT2D eigenvalue weighted by Gasteiger charge is -2.18. The normalized spacial score (nSPS) is 15.6. The van der Waals surface area contributed by atoms with Gasteiger partial charge in [0.05, 0.1) is 30.4 Å². The zero-order valence-corrected chi connectivity index (χ0v) is 11.5. The minimum absolute atomic E-state index is 0.0293. The third kappa shape index (κ3) is 3.05. The summed E-state index contributed by atoms with van der Waals surface area (Å²) in [7, 11) is 0. The number of amides is 2. The molecule has 5 nitrogen and oxygen atoms in total. The van der Waals surface area contributed by atoms with Gasteiger partial charge in [-0.2, -0.15) is 0 Å². The van der Waals surface area contributed by atoms with Crippen LogP contribution in [0.1, 0.15) is 40.5 Å². The van der Waals surface area contributed by atoms with Gasteiger partial charge < -0.3 is 9.84 Å². The van der Waals surface area contributed by atoms with E-state index in [-0.39, 0.29) is 25.0 Å². The number of carbonyl (C=O) groups excluding carboxylic acids is 2. The maximum Gasteiger partial charge on any atom is 0.261 e. The molecule has 2 amide bonds. The number of aliphatic hydroxyl groups excluding tert-OH is 1. The largest absolute Gasteiger partial charge is 0.389 e. The van der Waals surface area contributed by atoms with E-state index in [1.54, 1.807) is 24.3 Å². The van der Waals surface area contributed by atoms with Crippen molar-refractivity contribution in [3.05, 3.63) is 35.4 Å². The monoisotopic (exact) mass is 277 g/mol. The Hall–Kier alpha value is -1.72. The van der Waals surface area contributed by atoms with Gasteiger partial charge >= 0.3 is 0 Å². The average Bonchev–Trinajstić information content (AvgIpc) is 2.69. The van der Waals surface area contributed by atoms with Crippen LogP contribution >= 0.6 is 0 Å². The molecular weight excluding hydrogens is 258 g/mol.